The van der Waals surface area contributed by atoms with Gasteiger partial charge in [0.05, 0.1) is 18.6 Å². The molecule has 5 nitrogen and oxygen atoms in total. The van der Waals surface area contributed by atoms with E-state index in [1.807, 2.05) is 0 Å². The molecule has 0 unspecified atom stereocenters. The van der Waals surface area contributed by atoms with Gasteiger partial charge < -0.3 is 16.0 Å². The fraction of sp³-hybridized carbons (Fsp3) is 0.636. The van der Waals surface area contributed by atoms with Crippen molar-refractivity contribution in [3.63, 3.8) is 0 Å². The maximum atomic E-state index is 11.4. The van der Waals surface area contributed by atoms with E-state index in [0.717, 1.165) is 37.9 Å². The van der Waals surface area contributed by atoms with Gasteiger partial charge >= 0.3 is 0 Å². The Morgan fingerprint density at radius 1 is 1.38 bits per heavy atom. The second kappa shape index (κ2) is 7.87. The number of H-pyrrole nitrogens is 1. The third-order valence-electron chi connectivity index (χ3n) is 2.39. The number of hydrogen-bond acceptors (Lipinski definition) is 3. The zero-order chi connectivity index (χ0) is 11.6. The number of carbonyl (C=O) groups is 1. The Kier molecular flexibility index (Phi) is 6.25. The number of nitrogens with two attached hydrogens (primary N) is 1. The van der Waals surface area contributed by atoms with E-state index >= 15 is 0 Å². The first-order valence-corrected chi connectivity index (χ1v) is 5.77. The molecule has 0 saturated carbocycles. The van der Waals surface area contributed by atoms with Crippen LogP contribution in [0.1, 0.15) is 37.8 Å². The summed E-state index contributed by atoms with van der Waals surface area (Å²) >= 11 is 0. The highest BCUT2D eigenvalue weighted by Gasteiger charge is 2.01. The van der Waals surface area contributed by atoms with E-state index in [0.29, 0.717) is 13.0 Å². The molecule has 1 aromatic rings. The molecule has 0 radical (unpaired) electrons. The minimum Gasteiger partial charge on any atom is -0.350 e. The Morgan fingerprint density at radius 2 is 2.19 bits per heavy atom. The molecule has 0 aliphatic carbocycles. The van der Waals surface area contributed by atoms with Crippen LogP contribution in [0, 0.1) is 0 Å². The van der Waals surface area contributed by atoms with E-state index in [9.17, 15) is 4.79 Å². The molecular weight excluding hydrogens is 204 g/mol. The highest BCUT2D eigenvalue weighted by molar-refractivity contribution is 5.75. The lowest BCUT2D eigenvalue weighted by atomic mass is 10.1. The minimum atomic E-state index is 0.0994. The Labute approximate surface area is 95.8 Å². The van der Waals surface area contributed by atoms with Crippen molar-refractivity contribution < 1.29 is 4.79 Å². The van der Waals surface area contributed by atoms with Crippen molar-refractivity contribution in [2.75, 3.05) is 6.54 Å². The van der Waals surface area contributed by atoms with E-state index in [4.69, 9.17) is 5.73 Å². The molecule has 0 saturated heterocycles. The van der Waals surface area contributed by atoms with Crippen molar-refractivity contribution in [1.82, 2.24) is 15.3 Å². The molecule has 1 rings (SSSR count). The second-order valence-corrected chi connectivity index (χ2v) is 3.81. The third kappa shape index (κ3) is 5.50. The summed E-state index contributed by atoms with van der Waals surface area (Å²) in [7, 11) is 0. The number of nitrogens with one attached hydrogen (secondary N) is 2. The first-order valence-electron chi connectivity index (χ1n) is 5.77. The zero-order valence-electron chi connectivity index (χ0n) is 9.54. The summed E-state index contributed by atoms with van der Waals surface area (Å²) in [6.07, 6.45) is 8.10. The molecule has 90 valence electrons. The number of nitrogens with zero attached hydrogens (tertiary/aromatic N) is 1. The standard InChI is InChI=1S/C11H20N4O/c12-6-4-2-1-3-5-11(16)14-8-10-7-13-9-15-10/h7,9H,1-6,8,12H2,(H,13,15)(H,14,16). The number of aromatic nitrogens is 2. The molecule has 0 spiro atoms. The molecule has 1 amide bonds. The number of hydrogen-bond donors (Lipinski definition) is 3. The average molecular weight is 224 g/mol. The monoisotopic (exact) mass is 224 g/mol. The van der Waals surface area contributed by atoms with Crippen LogP contribution in [-0.2, 0) is 11.3 Å². The van der Waals surface area contributed by atoms with Crippen LogP contribution in [-0.4, -0.2) is 22.4 Å². The third-order valence-corrected chi connectivity index (χ3v) is 2.39. The van der Waals surface area contributed by atoms with Crippen molar-refractivity contribution in [2.24, 2.45) is 5.73 Å². The van der Waals surface area contributed by atoms with Crippen LogP contribution in [0.5, 0.6) is 0 Å². The summed E-state index contributed by atoms with van der Waals surface area (Å²) in [5.41, 5.74) is 6.31. The summed E-state index contributed by atoms with van der Waals surface area (Å²) in [6.45, 7) is 1.27. The fourth-order valence-corrected chi connectivity index (χ4v) is 1.45. The van der Waals surface area contributed by atoms with Gasteiger partial charge in [-0.25, -0.2) is 4.98 Å². The Balaban J connectivity index is 1.99. The van der Waals surface area contributed by atoms with E-state index in [1.165, 1.54) is 0 Å². The van der Waals surface area contributed by atoms with Gasteiger partial charge in [-0.15, -0.1) is 0 Å². The lowest BCUT2D eigenvalue weighted by Crippen LogP contribution is -2.22. The van der Waals surface area contributed by atoms with Crippen LogP contribution in [0.2, 0.25) is 0 Å². The molecule has 1 aromatic heterocycles. The average Bonchev–Trinajstić information content (AvgIpc) is 2.79. The number of amides is 1. The number of carbonyl (C=O) groups excluding carboxylic acids is 1. The highest BCUT2D eigenvalue weighted by Crippen LogP contribution is 2.02. The smallest absolute Gasteiger partial charge is 0.220 e. The van der Waals surface area contributed by atoms with Crippen LogP contribution < -0.4 is 11.1 Å². The lowest BCUT2D eigenvalue weighted by Gasteiger charge is -2.03. The van der Waals surface area contributed by atoms with Crippen molar-refractivity contribution in [1.29, 1.82) is 0 Å². The molecular formula is C11H20N4O. The maximum absolute atomic E-state index is 11.4. The van der Waals surface area contributed by atoms with E-state index in [-0.39, 0.29) is 5.91 Å². The van der Waals surface area contributed by atoms with Crippen LogP contribution in [0.25, 0.3) is 0 Å². The number of unbranched alkanes of at least 4 members (excludes halogenated alkanes) is 3. The molecule has 0 aromatic carbocycles. The van der Waals surface area contributed by atoms with Gasteiger partial charge in [-0.05, 0) is 19.4 Å². The van der Waals surface area contributed by atoms with Crippen molar-refractivity contribution >= 4 is 5.91 Å². The molecule has 0 aliphatic heterocycles. The number of imidazole rings is 1. The van der Waals surface area contributed by atoms with Gasteiger partial charge in [0.2, 0.25) is 5.91 Å². The largest absolute Gasteiger partial charge is 0.350 e. The molecule has 4 N–H and O–H groups in total. The predicted octanol–water partition coefficient (Wildman–Crippen LogP) is 0.935. The Bertz CT molecular complexity index is 284. The van der Waals surface area contributed by atoms with Crippen molar-refractivity contribution in [3.05, 3.63) is 18.2 Å². The molecule has 1 heterocycles. The Hall–Kier alpha value is -1.36. The molecule has 16 heavy (non-hydrogen) atoms. The van der Waals surface area contributed by atoms with Gasteiger partial charge in [-0.2, -0.15) is 0 Å². The van der Waals surface area contributed by atoms with Crippen LogP contribution in [0.4, 0.5) is 0 Å². The normalized spacial score (nSPS) is 10.3. The summed E-state index contributed by atoms with van der Waals surface area (Å²) in [5, 5.41) is 2.84. The summed E-state index contributed by atoms with van der Waals surface area (Å²) in [4.78, 5) is 18.2. The van der Waals surface area contributed by atoms with Crippen LogP contribution >= 0.6 is 0 Å². The number of rotatable bonds is 8. The van der Waals surface area contributed by atoms with E-state index in [1.54, 1.807) is 12.5 Å². The predicted molar refractivity (Wildman–Crippen MR) is 62.6 cm³/mol. The fourth-order valence-electron chi connectivity index (χ4n) is 1.45. The molecule has 5 heteroatoms. The van der Waals surface area contributed by atoms with Gasteiger partial charge in [0.15, 0.2) is 0 Å². The van der Waals surface area contributed by atoms with Gasteiger partial charge in [0.25, 0.3) is 0 Å². The van der Waals surface area contributed by atoms with Gasteiger partial charge in [0, 0.05) is 12.6 Å². The van der Waals surface area contributed by atoms with Gasteiger partial charge in [0.1, 0.15) is 0 Å². The topological polar surface area (TPSA) is 83.8 Å². The number of aromatic amines is 1. The summed E-state index contributed by atoms with van der Waals surface area (Å²) in [6, 6.07) is 0. The Morgan fingerprint density at radius 3 is 2.88 bits per heavy atom. The first-order chi connectivity index (χ1) is 7.83. The van der Waals surface area contributed by atoms with Crippen LogP contribution in [0.3, 0.4) is 0 Å². The molecule has 0 bridgehead atoms. The lowest BCUT2D eigenvalue weighted by molar-refractivity contribution is -0.121. The molecule has 0 aliphatic rings. The quantitative estimate of drug-likeness (QED) is 0.574. The SMILES string of the molecule is NCCCCCCC(=O)NCc1cnc[nH]1. The first kappa shape index (κ1) is 12.7. The summed E-state index contributed by atoms with van der Waals surface area (Å²) < 4.78 is 0. The zero-order valence-corrected chi connectivity index (χ0v) is 9.54. The molecule has 0 atom stereocenters. The van der Waals surface area contributed by atoms with E-state index < -0.39 is 0 Å². The maximum Gasteiger partial charge on any atom is 0.220 e. The van der Waals surface area contributed by atoms with Crippen LogP contribution in [0.15, 0.2) is 12.5 Å². The van der Waals surface area contributed by atoms with Gasteiger partial charge in [-0.1, -0.05) is 12.8 Å². The van der Waals surface area contributed by atoms with E-state index in [2.05, 4.69) is 15.3 Å². The summed E-state index contributed by atoms with van der Waals surface area (Å²) in [5.74, 6) is 0.0994. The highest BCUT2D eigenvalue weighted by atomic mass is 16.1. The molecule has 0 fully saturated rings. The minimum absolute atomic E-state index is 0.0994. The van der Waals surface area contributed by atoms with Crippen molar-refractivity contribution in [2.45, 2.75) is 38.6 Å². The second-order valence-electron chi connectivity index (χ2n) is 3.81. The van der Waals surface area contributed by atoms with Crippen molar-refractivity contribution in [3.8, 4) is 0 Å². The van der Waals surface area contributed by atoms with Gasteiger partial charge in [-0.3, -0.25) is 4.79 Å².